The number of aliphatic carboxylic acids is 1. The molecule has 0 amide bonds. The Balaban J connectivity index is 0. The summed E-state index contributed by atoms with van der Waals surface area (Å²) in [7, 11) is 0. The second-order valence-corrected chi connectivity index (χ2v) is 9.90. The molecular formula is C30H57NO9. The highest BCUT2D eigenvalue weighted by Gasteiger charge is 2.24. The summed E-state index contributed by atoms with van der Waals surface area (Å²) < 4.78 is 9.68. The molecule has 0 heterocycles. The normalized spacial score (nSPS) is 12.6. The van der Waals surface area contributed by atoms with Crippen LogP contribution in [0.15, 0.2) is 12.2 Å². The van der Waals surface area contributed by atoms with Crippen molar-refractivity contribution in [2.24, 2.45) is 0 Å². The van der Waals surface area contributed by atoms with Crippen LogP contribution in [0.1, 0.15) is 111 Å². The average Bonchev–Trinajstić information content (AvgIpc) is 2.91. The van der Waals surface area contributed by atoms with Crippen molar-refractivity contribution < 1.29 is 44.3 Å². The van der Waals surface area contributed by atoms with E-state index in [1.165, 1.54) is 65.2 Å². The van der Waals surface area contributed by atoms with Gasteiger partial charge in [0.05, 0.1) is 19.8 Å². The van der Waals surface area contributed by atoms with Gasteiger partial charge in [-0.2, -0.15) is 0 Å². The first-order valence-corrected chi connectivity index (χ1v) is 15.1. The predicted octanol–water partition coefficient (Wildman–Crippen LogP) is 4.24. The van der Waals surface area contributed by atoms with E-state index in [2.05, 4.69) is 23.8 Å². The molecule has 0 bridgehead atoms. The van der Waals surface area contributed by atoms with Crippen molar-refractivity contribution in [1.82, 2.24) is 4.90 Å². The number of hydrogen-bond donors (Lipinski definition) is 4. The zero-order chi connectivity index (χ0) is 30.4. The SMILES string of the molecule is CCCCCCCC/C=C\CCCCCCCC(=O)OC(C)C(=O)OC(C)C(=O)O.OCCN(CCO)CCO. The van der Waals surface area contributed by atoms with Crippen LogP contribution in [0.5, 0.6) is 0 Å². The van der Waals surface area contributed by atoms with Crippen molar-refractivity contribution in [2.75, 3.05) is 39.5 Å². The fourth-order valence-electron chi connectivity index (χ4n) is 3.72. The van der Waals surface area contributed by atoms with Crippen LogP contribution in [0.3, 0.4) is 0 Å². The van der Waals surface area contributed by atoms with Crippen LogP contribution >= 0.6 is 0 Å². The van der Waals surface area contributed by atoms with Crippen LogP contribution in [0.2, 0.25) is 0 Å². The number of hydrogen-bond acceptors (Lipinski definition) is 9. The van der Waals surface area contributed by atoms with Crippen LogP contribution in [-0.2, 0) is 23.9 Å². The fourth-order valence-corrected chi connectivity index (χ4v) is 3.72. The van der Waals surface area contributed by atoms with E-state index in [0.717, 1.165) is 32.1 Å². The number of esters is 2. The maximum absolute atomic E-state index is 11.8. The number of carbonyl (C=O) groups excluding carboxylic acids is 2. The maximum Gasteiger partial charge on any atom is 0.347 e. The molecule has 0 radical (unpaired) electrons. The van der Waals surface area contributed by atoms with Crippen LogP contribution in [0.25, 0.3) is 0 Å². The van der Waals surface area contributed by atoms with E-state index in [0.29, 0.717) is 19.6 Å². The zero-order valence-electron chi connectivity index (χ0n) is 25.2. The van der Waals surface area contributed by atoms with Crippen LogP contribution in [0, 0.1) is 0 Å². The Labute approximate surface area is 241 Å². The molecule has 40 heavy (non-hydrogen) atoms. The fraction of sp³-hybridized carbons (Fsp3) is 0.833. The summed E-state index contributed by atoms with van der Waals surface area (Å²) in [4.78, 5) is 35.8. The molecule has 0 aromatic rings. The van der Waals surface area contributed by atoms with Gasteiger partial charge in [0.1, 0.15) is 0 Å². The molecule has 0 aromatic heterocycles. The lowest BCUT2D eigenvalue weighted by Crippen LogP contribution is -2.32. The number of carbonyl (C=O) groups is 3. The van der Waals surface area contributed by atoms with Gasteiger partial charge in [-0.25, -0.2) is 9.59 Å². The Hall–Kier alpha value is -2.01. The molecule has 0 aliphatic rings. The molecule has 0 fully saturated rings. The zero-order valence-corrected chi connectivity index (χ0v) is 25.2. The highest BCUT2D eigenvalue weighted by molar-refractivity contribution is 5.82. The largest absolute Gasteiger partial charge is 0.479 e. The molecule has 10 heteroatoms. The Morgan fingerprint density at radius 2 is 1.12 bits per heavy atom. The third kappa shape index (κ3) is 27.6. The number of aliphatic hydroxyl groups excluding tert-OH is 3. The lowest BCUT2D eigenvalue weighted by Gasteiger charge is -2.17. The molecule has 0 aliphatic carbocycles. The van der Waals surface area contributed by atoms with Crippen molar-refractivity contribution in [3.05, 3.63) is 12.2 Å². The number of carboxylic acid groups (broad SMARTS) is 1. The van der Waals surface area contributed by atoms with Gasteiger partial charge in [0.15, 0.2) is 12.2 Å². The minimum Gasteiger partial charge on any atom is -0.479 e. The first-order valence-electron chi connectivity index (χ1n) is 15.1. The number of allylic oxidation sites excluding steroid dienone is 2. The number of ether oxygens (including phenoxy) is 2. The predicted molar refractivity (Wildman–Crippen MR) is 156 cm³/mol. The number of aliphatic hydroxyl groups is 3. The van der Waals surface area contributed by atoms with Gasteiger partial charge in [-0.3, -0.25) is 9.69 Å². The van der Waals surface area contributed by atoms with Gasteiger partial charge < -0.3 is 29.9 Å². The van der Waals surface area contributed by atoms with E-state index in [1.807, 2.05) is 0 Å². The summed E-state index contributed by atoms with van der Waals surface area (Å²) in [6.45, 7) is 6.63. The van der Waals surface area contributed by atoms with E-state index in [1.54, 1.807) is 4.90 Å². The summed E-state index contributed by atoms with van der Waals surface area (Å²) in [5.74, 6) is -2.54. The van der Waals surface area contributed by atoms with E-state index in [-0.39, 0.29) is 26.2 Å². The summed E-state index contributed by atoms with van der Waals surface area (Å²) in [5, 5.41) is 34.2. The Bertz CT molecular complexity index is 628. The van der Waals surface area contributed by atoms with E-state index in [9.17, 15) is 14.4 Å². The average molecular weight is 576 g/mol. The third-order valence-electron chi connectivity index (χ3n) is 6.17. The van der Waals surface area contributed by atoms with Gasteiger partial charge in [0, 0.05) is 26.1 Å². The summed E-state index contributed by atoms with van der Waals surface area (Å²) in [5.41, 5.74) is 0. The van der Waals surface area contributed by atoms with Crippen molar-refractivity contribution in [2.45, 2.75) is 123 Å². The molecule has 2 atom stereocenters. The molecule has 0 aromatic carbocycles. The standard InChI is InChI=1S/C24H42O6.C6H15NO3/c1-4-5-6-7-8-9-10-11-12-13-14-15-16-17-18-19-22(25)29-21(3)24(28)30-20(2)23(26)27;8-4-1-7(2-5-9)3-6-10/h11-12,20-21H,4-10,13-19H2,1-3H3,(H,26,27);8-10H,1-6H2/b12-11-;. The van der Waals surface area contributed by atoms with Gasteiger partial charge in [0.25, 0.3) is 0 Å². The minimum absolute atomic E-state index is 0.0694. The van der Waals surface area contributed by atoms with Gasteiger partial charge in [0.2, 0.25) is 0 Å². The maximum atomic E-state index is 11.8. The molecule has 10 nitrogen and oxygen atoms in total. The Morgan fingerprint density at radius 3 is 1.57 bits per heavy atom. The molecule has 2 unspecified atom stereocenters. The van der Waals surface area contributed by atoms with Crippen LogP contribution in [0.4, 0.5) is 0 Å². The van der Waals surface area contributed by atoms with Crippen molar-refractivity contribution >= 4 is 17.9 Å². The molecule has 236 valence electrons. The van der Waals surface area contributed by atoms with E-state index >= 15 is 0 Å². The van der Waals surface area contributed by atoms with Crippen LogP contribution in [-0.4, -0.2) is 94.9 Å². The van der Waals surface area contributed by atoms with Crippen molar-refractivity contribution in [3.63, 3.8) is 0 Å². The van der Waals surface area contributed by atoms with Crippen LogP contribution < -0.4 is 0 Å². The van der Waals surface area contributed by atoms with Gasteiger partial charge in [-0.05, 0) is 46.0 Å². The van der Waals surface area contributed by atoms with Gasteiger partial charge >= 0.3 is 17.9 Å². The van der Waals surface area contributed by atoms with E-state index < -0.39 is 30.1 Å². The smallest absolute Gasteiger partial charge is 0.347 e. The first-order chi connectivity index (χ1) is 19.2. The molecule has 0 saturated heterocycles. The molecule has 0 saturated carbocycles. The second kappa shape index (κ2) is 30.0. The van der Waals surface area contributed by atoms with Crippen molar-refractivity contribution in [3.8, 4) is 0 Å². The Kier molecular flexibility index (Phi) is 30.1. The highest BCUT2D eigenvalue weighted by Crippen LogP contribution is 2.11. The van der Waals surface area contributed by atoms with Gasteiger partial charge in [-0.15, -0.1) is 0 Å². The molecule has 4 N–H and O–H groups in total. The van der Waals surface area contributed by atoms with Crippen molar-refractivity contribution in [1.29, 1.82) is 0 Å². The lowest BCUT2D eigenvalue weighted by atomic mass is 10.1. The summed E-state index contributed by atoms with van der Waals surface area (Å²) >= 11 is 0. The monoisotopic (exact) mass is 575 g/mol. The quantitative estimate of drug-likeness (QED) is 0.0706. The van der Waals surface area contributed by atoms with E-state index in [4.69, 9.17) is 25.2 Å². The number of unbranched alkanes of at least 4 members (excludes halogenated alkanes) is 11. The molecular weight excluding hydrogens is 518 g/mol. The summed E-state index contributed by atoms with van der Waals surface area (Å²) in [6, 6.07) is 0. The third-order valence-corrected chi connectivity index (χ3v) is 6.17. The minimum atomic E-state index is -1.26. The van der Waals surface area contributed by atoms with Gasteiger partial charge in [-0.1, -0.05) is 70.4 Å². The number of rotatable bonds is 25. The molecule has 0 spiro atoms. The number of carboxylic acids is 1. The lowest BCUT2D eigenvalue weighted by molar-refractivity contribution is -0.174. The molecule has 0 aliphatic heterocycles. The first kappa shape index (κ1) is 40.1. The highest BCUT2D eigenvalue weighted by atomic mass is 16.6. The molecule has 0 rings (SSSR count). The second-order valence-electron chi connectivity index (χ2n) is 9.90. The topological polar surface area (TPSA) is 154 Å². The number of nitrogens with zero attached hydrogens (tertiary/aromatic N) is 1. The Morgan fingerprint density at radius 1 is 0.675 bits per heavy atom. The summed E-state index contributed by atoms with van der Waals surface area (Å²) in [6.07, 6.45) is 17.9.